The lowest BCUT2D eigenvalue weighted by Gasteiger charge is -2.01. The Bertz CT molecular complexity index is 526. The first-order valence-electron chi connectivity index (χ1n) is 5.05. The molecular weight excluding hydrogens is 391 g/mol. The maximum Gasteiger partial charge on any atom is 0.0561 e. The van der Waals surface area contributed by atoms with E-state index >= 15 is 0 Å². The van der Waals surface area contributed by atoms with E-state index in [-0.39, 0.29) is 0 Å². The van der Waals surface area contributed by atoms with Gasteiger partial charge < -0.3 is 0 Å². The lowest BCUT2D eigenvalue weighted by molar-refractivity contribution is 1.35. The van der Waals surface area contributed by atoms with Gasteiger partial charge in [0.15, 0.2) is 0 Å². The molecule has 0 saturated heterocycles. The highest BCUT2D eigenvalue weighted by molar-refractivity contribution is 14.1. The largest absolute Gasteiger partial charge is 0.279 e. The van der Waals surface area contributed by atoms with Gasteiger partial charge in [-0.3, -0.25) is 5.43 Å². The highest BCUT2D eigenvalue weighted by atomic mass is 127. The van der Waals surface area contributed by atoms with Crippen molar-refractivity contribution in [2.75, 3.05) is 5.43 Å². The molecule has 0 aliphatic heterocycles. The van der Waals surface area contributed by atoms with Crippen LogP contribution in [0.15, 0.2) is 58.1 Å². The van der Waals surface area contributed by atoms with Gasteiger partial charge in [0.1, 0.15) is 0 Å². The molecule has 0 bridgehead atoms. The molecule has 0 unspecified atom stereocenters. The molecule has 0 aliphatic carbocycles. The van der Waals surface area contributed by atoms with Crippen molar-refractivity contribution in [2.45, 2.75) is 0 Å². The van der Waals surface area contributed by atoms with Crippen molar-refractivity contribution in [1.82, 2.24) is 0 Å². The van der Waals surface area contributed by atoms with Crippen LogP contribution in [0.25, 0.3) is 0 Å². The number of para-hydroxylation sites is 1. The predicted octanol–water partition coefficient (Wildman–Crippen LogP) is 4.50. The standard InChI is InChI=1S/C13H10BrIN2/c14-13-10(5-4-8-12(13)15)9-16-17-11-6-2-1-3-7-11/h1-9,17H. The molecule has 0 amide bonds. The topological polar surface area (TPSA) is 24.4 Å². The van der Waals surface area contributed by atoms with Crippen molar-refractivity contribution in [3.63, 3.8) is 0 Å². The summed E-state index contributed by atoms with van der Waals surface area (Å²) in [6, 6.07) is 15.9. The lowest BCUT2D eigenvalue weighted by atomic mass is 10.2. The van der Waals surface area contributed by atoms with E-state index in [0.717, 1.165) is 15.7 Å². The third kappa shape index (κ3) is 3.54. The van der Waals surface area contributed by atoms with E-state index in [2.05, 4.69) is 49.0 Å². The summed E-state index contributed by atoms with van der Waals surface area (Å²) >= 11 is 5.82. The minimum absolute atomic E-state index is 0.977. The van der Waals surface area contributed by atoms with E-state index in [9.17, 15) is 0 Å². The molecule has 0 heterocycles. The van der Waals surface area contributed by atoms with Crippen LogP contribution in [0.4, 0.5) is 5.69 Å². The Hall–Kier alpha value is -0.880. The van der Waals surface area contributed by atoms with Gasteiger partial charge in [0.05, 0.1) is 11.9 Å². The number of hydrogen-bond donors (Lipinski definition) is 1. The Morgan fingerprint density at radius 3 is 2.59 bits per heavy atom. The van der Waals surface area contributed by atoms with Crippen LogP contribution in [0, 0.1) is 3.57 Å². The van der Waals surface area contributed by atoms with E-state index in [1.807, 2.05) is 48.5 Å². The minimum Gasteiger partial charge on any atom is -0.279 e. The van der Waals surface area contributed by atoms with E-state index in [1.54, 1.807) is 6.21 Å². The van der Waals surface area contributed by atoms with Gasteiger partial charge in [-0.15, -0.1) is 0 Å². The second kappa shape index (κ2) is 6.16. The number of rotatable bonds is 3. The van der Waals surface area contributed by atoms with E-state index in [1.165, 1.54) is 3.57 Å². The molecule has 0 spiro atoms. The number of nitrogens with one attached hydrogen (secondary N) is 1. The summed E-state index contributed by atoms with van der Waals surface area (Å²) in [5, 5.41) is 4.21. The van der Waals surface area contributed by atoms with Crippen LogP contribution in [-0.2, 0) is 0 Å². The fraction of sp³-hybridized carbons (Fsp3) is 0. The third-order valence-corrected chi connectivity index (χ3v) is 4.68. The first-order chi connectivity index (χ1) is 8.27. The van der Waals surface area contributed by atoms with Gasteiger partial charge in [0.2, 0.25) is 0 Å². The van der Waals surface area contributed by atoms with Crippen LogP contribution >= 0.6 is 38.5 Å². The Kier molecular flexibility index (Phi) is 4.56. The Morgan fingerprint density at radius 2 is 1.82 bits per heavy atom. The average molecular weight is 401 g/mol. The Labute approximate surface area is 122 Å². The average Bonchev–Trinajstić information content (AvgIpc) is 2.36. The summed E-state index contributed by atoms with van der Waals surface area (Å²) in [7, 11) is 0. The van der Waals surface area contributed by atoms with Gasteiger partial charge in [-0.05, 0) is 56.7 Å². The molecule has 2 rings (SSSR count). The van der Waals surface area contributed by atoms with Crippen LogP contribution in [-0.4, -0.2) is 6.21 Å². The molecule has 86 valence electrons. The highest BCUT2D eigenvalue weighted by Crippen LogP contribution is 2.21. The van der Waals surface area contributed by atoms with Crippen LogP contribution in [0.1, 0.15) is 5.56 Å². The molecule has 0 aliphatic rings. The Morgan fingerprint density at radius 1 is 1.06 bits per heavy atom. The van der Waals surface area contributed by atoms with Crippen molar-refractivity contribution in [3.8, 4) is 0 Å². The quantitative estimate of drug-likeness (QED) is 0.458. The molecule has 1 N–H and O–H groups in total. The molecule has 2 nitrogen and oxygen atoms in total. The maximum absolute atomic E-state index is 4.21. The van der Waals surface area contributed by atoms with Crippen LogP contribution in [0.2, 0.25) is 0 Å². The molecule has 2 aromatic carbocycles. The fourth-order valence-corrected chi connectivity index (χ4v) is 2.19. The molecule has 0 aromatic heterocycles. The van der Waals surface area contributed by atoms with E-state index < -0.39 is 0 Å². The van der Waals surface area contributed by atoms with Crippen LogP contribution in [0.3, 0.4) is 0 Å². The first kappa shape index (κ1) is 12.6. The number of benzene rings is 2. The van der Waals surface area contributed by atoms with Crippen LogP contribution in [0.5, 0.6) is 0 Å². The summed E-state index contributed by atoms with van der Waals surface area (Å²) in [5.74, 6) is 0. The summed E-state index contributed by atoms with van der Waals surface area (Å²) in [6.45, 7) is 0. The van der Waals surface area contributed by atoms with Gasteiger partial charge in [0.25, 0.3) is 0 Å². The van der Waals surface area contributed by atoms with Crippen molar-refractivity contribution in [2.24, 2.45) is 5.10 Å². The molecule has 4 heteroatoms. The molecule has 0 saturated carbocycles. The number of halogens is 2. The maximum atomic E-state index is 4.21. The predicted molar refractivity (Wildman–Crippen MR) is 84.5 cm³/mol. The molecular formula is C13H10BrIN2. The van der Waals surface area contributed by atoms with Gasteiger partial charge in [-0.25, -0.2) is 0 Å². The van der Waals surface area contributed by atoms with E-state index in [4.69, 9.17) is 0 Å². The zero-order chi connectivity index (χ0) is 12.1. The zero-order valence-corrected chi connectivity index (χ0v) is 12.6. The van der Waals surface area contributed by atoms with E-state index in [0.29, 0.717) is 0 Å². The summed E-state index contributed by atoms with van der Waals surface area (Å²) in [5.41, 5.74) is 5.02. The smallest absolute Gasteiger partial charge is 0.0561 e. The fourth-order valence-electron chi connectivity index (χ4n) is 1.31. The summed E-state index contributed by atoms with van der Waals surface area (Å²) < 4.78 is 2.24. The lowest BCUT2D eigenvalue weighted by Crippen LogP contribution is -1.91. The zero-order valence-electron chi connectivity index (χ0n) is 8.90. The van der Waals surface area contributed by atoms with Crippen molar-refractivity contribution >= 4 is 50.4 Å². The summed E-state index contributed by atoms with van der Waals surface area (Å²) in [4.78, 5) is 0. The molecule has 2 aromatic rings. The number of hydrogen-bond acceptors (Lipinski definition) is 2. The highest BCUT2D eigenvalue weighted by Gasteiger charge is 1.99. The third-order valence-electron chi connectivity index (χ3n) is 2.15. The first-order valence-corrected chi connectivity index (χ1v) is 6.92. The second-order valence-corrected chi connectivity index (χ2v) is 5.33. The molecule has 0 atom stereocenters. The summed E-state index contributed by atoms with van der Waals surface area (Å²) in [6.07, 6.45) is 1.80. The van der Waals surface area contributed by atoms with Gasteiger partial charge in [-0.2, -0.15) is 5.10 Å². The molecule has 0 radical (unpaired) electrons. The van der Waals surface area contributed by atoms with Crippen LogP contribution < -0.4 is 5.43 Å². The van der Waals surface area contributed by atoms with Crippen molar-refractivity contribution < 1.29 is 0 Å². The molecule has 17 heavy (non-hydrogen) atoms. The minimum atomic E-state index is 0.977. The SMILES string of the molecule is Brc1c(I)cccc1C=NNc1ccccc1. The Balaban J connectivity index is 2.09. The molecule has 0 fully saturated rings. The monoisotopic (exact) mass is 400 g/mol. The van der Waals surface area contributed by atoms with Crippen molar-refractivity contribution in [3.05, 3.63) is 62.1 Å². The second-order valence-electron chi connectivity index (χ2n) is 3.38. The number of nitrogens with zero attached hydrogens (tertiary/aromatic N) is 1. The van der Waals surface area contributed by atoms with Crippen molar-refractivity contribution in [1.29, 1.82) is 0 Å². The van der Waals surface area contributed by atoms with Gasteiger partial charge >= 0.3 is 0 Å². The van der Waals surface area contributed by atoms with Gasteiger partial charge in [0, 0.05) is 13.6 Å². The number of anilines is 1. The van der Waals surface area contributed by atoms with Gasteiger partial charge in [-0.1, -0.05) is 30.3 Å². The normalized spacial score (nSPS) is 10.7. The number of hydrazone groups is 1.